The summed E-state index contributed by atoms with van der Waals surface area (Å²) in [6.45, 7) is 3.09. The lowest BCUT2D eigenvalue weighted by Crippen LogP contribution is -2.36. The van der Waals surface area contributed by atoms with E-state index in [4.69, 9.17) is 4.74 Å². The summed E-state index contributed by atoms with van der Waals surface area (Å²) in [7, 11) is 1.77. The minimum atomic E-state index is 0.326. The molecule has 1 aliphatic rings. The van der Waals surface area contributed by atoms with Gasteiger partial charge in [0.15, 0.2) is 0 Å². The van der Waals surface area contributed by atoms with E-state index in [9.17, 15) is 0 Å². The van der Waals surface area contributed by atoms with Crippen LogP contribution in [-0.2, 0) is 4.74 Å². The number of rotatable bonds is 5. The smallest absolute Gasteiger partial charge is 0.0657 e. The summed E-state index contributed by atoms with van der Waals surface area (Å²) in [5.74, 6) is 0.790. The Labute approximate surface area is 104 Å². The van der Waals surface area contributed by atoms with E-state index in [1.54, 1.807) is 7.11 Å². The molecular formula is C15H23NO. The lowest BCUT2D eigenvalue weighted by atomic mass is 10.0. The zero-order valence-corrected chi connectivity index (χ0v) is 10.9. The topological polar surface area (TPSA) is 21.3 Å². The Bertz CT molecular complexity index is 325. The highest BCUT2D eigenvalue weighted by atomic mass is 16.5. The lowest BCUT2D eigenvalue weighted by molar-refractivity contribution is 0.157. The van der Waals surface area contributed by atoms with Gasteiger partial charge in [0.1, 0.15) is 0 Å². The van der Waals surface area contributed by atoms with Crippen molar-refractivity contribution in [3.8, 4) is 0 Å². The third-order valence-corrected chi connectivity index (χ3v) is 3.81. The summed E-state index contributed by atoms with van der Waals surface area (Å²) in [5, 5.41) is 3.76. The third kappa shape index (κ3) is 3.30. The summed E-state index contributed by atoms with van der Waals surface area (Å²) in [6.07, 6.45) is 4.01. The maximum Gasteiger partial charge on any atom is 0.0657 e. The van der Waals surface area contributed by atoms with Crippen LogP contribution in [0, 0.1) is 5.92 Å². The molecule has 1 aromatic rings. The number of hydrogen-bond donors (Lipinski definition) is 1. The van der Waals surface area contributed by atoms with Crippen LogP contribution < -0.4 is 5.32 Å². The van der Waals surface area contributed by atoms with Gasteiger partial charge in [-0.05, 0) is 24.3 Å². The fraction of sp³-hybridized carbons (Fsp3) is 0.600. The van der Waals surface area contributed by atoms with Crippen LogP contribution >= 0.6 is 0 Å². The largest absolute Gasteiger partial charge is 0.383 e. The van der Waals surface area contributed by atoms with Crippen LogP contribution in [0.1, 0.15) is 37.8 Å². The fourth-order valence-electron chi connectivity index (χ4n) is 2.74. The van der Waals surface area contributed by atoms with E-state index in [-0.39, 0.29) is 0 Å². The van der Waals surface area contributed by atoms with Crippen LogP contribution in [0.15, 0.2) is 30.3 Å². The molecule has 2 rings (SSSR count). The molecule has 3 atom stereocenters. The van der Waals surface area contributed by atoms with E-state index in [2.05, 4.69) is 42.6 Å². The molecule has 1 aromatic carbocycles. The van der Waals surface area contributed by atoms with Gasteiger partial charge >= 0.3 is 0 Å². The van der Waals surface area contributed by atoms with Crippen molar-refractivity contribution < 1.29 is 4.74 Å². The molecule has 0 heterocycles. The molecule has 0 aromatic heterocycles. The Hall–Kier alpha value is -0.860. The highest BCUT2D eigenvalue weighted by Gasteiger charge is 2.25. The van der Waals surface area contributed by atoms with Gasteiger partial charge < -0.3 is 10.1 Å². The second kappa shape index (κ2) is 6.18. The molecule has 1 saturated carbocycles. The van der Waals surface area contributed by atoms with Gasteiger partial charge in [-0.1, -0.05) is 43.7 Å². The molecule has 0 aliphatic heterocycles. The van der Waals surface area contributed by atoms with Crippen LogP contribution in [-0.4, -0.2) is 19.8 Å². The van der Waals surface area contributed by atoms with Crippen LogP contribution in [0.4, 0.5) is 0 Å². The van der Waals surface area contributed by atoms with Crippen LogP contribution in [0.25, 0.3) is 0 Å². The second-order valence-electron chi connectivity index (χ2n) is 5.10. The maximum atomic E-state index is 5.34. The average molecular weight is 233 g/mol. The Morgan fingerprint density at radius 1 is 1.29 bits per heavy atom. The molecule has 0 radical (unpaired) electrons. The number of hydrogen-bond acceptors (Lipinski definition) is 2. The van der Waals surface area contributed by atoms with Crippen molar-refractivity contribution in [3.05, 3.63) is 35.9 Å². The highest BCUT2D eigenvalue weighted by Crippen LogP contribution is 2.27. The predicted molar refractivity (Wildman–Crippen MR) is 71.0 cm³/mol. The van der Waals surface area contributed by atoms with Gasteiger partial charge in [-0.25, -0.2) is 0 Å². The predicted octanol–water partition coefficient (Wildman–Crippen LogP) is 3.15. The number of nitrogens with one attached hydrogen (secondary N) is 1. The first-order valence-electron chi connectivity index (χ1n) is 6.61. The molecule has 0 bridgehead atoms. The van der Waals surface area contributed by atoms with Gasteiger partial charge in [0, 0.05) is 13.2 Å². The van der Waals surface area contributed by atoms with Gasteiger partial charge in [0.05, 0.1) is 12.6 Å². The van der Waals surface area contributed by atoms with Gasteiger partial charge in [-0.2, -0.15) is 0 Å². The standard InChI is InChI=1S/C15H23NO/c1-12-7-6-10-14(12)16-15(11-17-2)13-8-4-3-5-9-13/h3-5,8-9,12,14-16H,6-7,10-11H2,1-2H3. The summed E-state index contributed by atoms with van der Waals surface area (Å²) in [6, 6.07) is 11.6. The first-order valence-corrected chi connectivity index (χ1v) is 6.61. The van der Waals surface area contributed by atoms with E-state index >= 15 is 0 Å². The summed E-state index contributed by atoms with van der Waals surface area (Å²) < 4.78 is 5.34. The van der Waals surface area contributed by atoms with Gasteiger partial charge in [-0.15, -0.1) is 0 Å². The lowest BCUT2D eigenvalue weighted by Gasteiger charge is -2.25. The molecule has 1 N–H and O–H groups in total. The van der Waals surface area contributed by atoms with Crippen molar-refractivity contribution in [1.82, 2.24) is 5.32 Å². The van der Waals surface area contributed by atoms with Crippen molar-refractivity contribution in [2.45, 2.75) is 38.3 Å². The zero-order chi connectivity index (χ0) is 12.1. The molecule has 3 unspecified atom stereocenters. The van der Waals surface area contributed by atoms with Crippen molar-refractivity contribution in [1.29, 1.82) is 0 Å². The Morgan fingerprint density at radius 2 is 2.06 bits per heavy atom. The Morgan fingerprint density at radius 3 is 2.65 bits per heavy atom. The normalized spacial score (nSPS) is 26.0. The van der Waals surface area contributed by atoms with Crippen LogP contribution in [0.3, 0.4) is 0 Å². The minimum Gasteiger partial charge on any atom is -0.383 e. The Kier molecular flexibility index (Phi) is 4.57. The van der Waals surface area contributed by atoms with Crippen molar-refractivity contribution in [2.24, 2.45) is 5.92 Å². The van der Waals surface area contributed by atoms with E-state index in [1.165, 1.54) is 24.8 Å². The monoisotopic (exact) mass is 233 g/mol. The molecule has 94 valence electrons. The second-order valence-corrected chi connectivity index (χ2v) is 5.10. The number of benzene rings is 1. The highest BCUT2D eigenvalue weighted by molar-refractivity contribution is 5.19. The molecule has 1 aliphatic carbocycles. The quantitative estimate of drug-likeness (QED) is 0.843. The molecule has 0 amide bonds. The number of methoxy groups -OCH3 is 1. The zero-order valence-electron chi connectivity index (χ0n) is 10.9. The molecule has 17 heavy (non-hydrogen) atoms. The van der Waals surface area contributed by atoms with Crippen molar-refractivity contribution in [2.75, 3.05) is 13.7 Å². The molecule has 2 nitrogen and oxygen atoms in total. The van der Waals surface area contributed by atoms with Gasteiger partial charge in [-0.3, -0.25) is 0 Å². The number of ether oxygens (including phenoxy) is 1. The first kappa shape index (κ1) is 12.6. The minimum absolute atomic E-state index is 0.326. The van der Waals surface area contributed by atoms with Gasteiger partial charge in [0.2, 0.25) is 0 Å². The van der Waals surface area contributed by atoms with Crippen molar-refractivity contribution in [3.63, 3.8) is 0 Å². The fourth-order valence-corrected chi connectivity index (χ4v) is 2.74. The van der Waals surface area contributed by atoms with Gasteiger partial charge in [0.25, 0.3) is 0 Å². The SMILES string of the molecule is COCC(NC1CCCC1C)c1ccccc1. The first-order chi connectivity index (χ1) is 8.31. The van der Waals surface area contributed by atoms with E-state index in [0.29, 0.717) is 12.1 Å². The summed E-state index contributed by atoms with van der Waals surface area (Å²) >= 11 is 0. The van der Waals surface area contributed by atoms with E-state index in [0.717, 1.165) is 12.5 Å². The molecule has 0 spiro atoms. The molecule has 2 heteroatoms. The maximum absolute atomic E-state index is 5.34. The summed E-state index contributed by atoms with van der Waals surface area (Å²) in [4.78, 5) is 0. The van der Waals surface area contributed by atoms with E-state index in [1.807, 2.05) is 0 Å². The van der Waals surface area contributed by atoms with Crippen molar-refractivity contribution >= 4 is 0 Å². The Balaban J connectivity index is 2.02. The third-order valence-electron chi connectivity index (χ3n) is 3.81. The molecule has 0 saturated heterocycles. The van der Waals surface area contributed by atoms with Crippen LogP contribution in [0.2, 0.25) is 0 Å². The summed E-state index contributed by atoms with van der Waals surface area (Å²) in [5.41, 5.74) is 1.33. The van der Waals surface area contributed by atoms with E-state index < -0.39 is 0 Å². The van der Waals surface area contributed by atoms with Crippen LogP contribution in [0.5, 0.6) is 0 Å². The molecular weight excluding hydrogens is 210 g/mol. The average Bonchev–Trinajstić information content (AvgIpc) is 2.76. The molecule has 1 fully saturated rings.